The second-order valence-electron chi connectivity index (χ2n) is 14.3. The minimum Gasteiger partial charge on any atom is -0.325 e. The van der Waals surface area contributed by atoms with Crippen molar-refractivity contribution in [1.29, 1.82) is 0 Å². The summed E-state index contributed by atoms with van der Waals surface area (Å²) in [6.45, 7) is 2.43. The van der Waals surface area contributed by atoms with E-state index in [1.165, 1.54) is 35.1 Å². The Bertz CT molecular complexity index is 2050. The van der Waals surface area contributed by atoms with E-state index in [-0.39, 0.29) is 19.4 Å². The molecule has 3 saturated heterocycles. The zero-order valence-electron chi connectivity index (χ0n) is 28.4. The number of aromatic nitrogens is 2. The lowest BCUT2D eigenvalue weighted by Crippen LogP contribution is -2.66. The Kier molecular flexibility index (Phi) is 9.90. The number of aryl methyl sites for hydroxylation is 1. The van der Waals surface area contributed by atoms with Crippen molar-refractivity contribution in [2.24, 2.45) is 0 Å². The molecule has 1 N–H and O–H groups in total. The number of benzene rings is 3. The number of para-hydroxylation sites is 2. The maximum absolute atomic E-state index is 14.7. The number of imidazole rings is 1. The van der Waals surface area contributed by atoms with Crippen molar-refractivity contribution in [1.82, 2.24) is 24.1 Å². The van der Waals surface area contributed by atoms with Crippen LogP contribution in [-0.4, -0.2) is 75.5 Å². The number of piperidine rings is 2. The van der Waals surface area contributed by atoms with Crippen molar-refractivity contribution >= 4 is 50.2 Å². The zero-order valence-corrected chi connectivity index (χ0v) is 30.7. The maximum atomic E-state index is 14.7. The third-order valence-electron chi connectivity index (χ3n) is 11.3. The average Bonchev–Trinajstić information content (AvgIpc) is 3.56. The number of likely N-dealkylation sites (tertiary alicyclic amines) is 1. The molecule has 1 aromatic heterocycles. The van der Waals surface area contributed by atoms with Crippen LogP contribution in [0.25, 0.3) is 11.0 Å². The van der Waals surface area contributed by atoms with Crippen molar-refractivity contribution in [3.63, 3.8) is 0 Å². The Balaban J connectivity index is 1.11. The predicted molar refractivity (Wildman–Crippen MR) is 191 cm³/mol. The highest BCUT2D eigenvalue weighted by Gasteiger charge is 2.64. The predicted octanol–water partition coefficient (Wildman–Crippen LogP) is 7.64. The average molecular weight is 781 g/mol. The maximum Gasteiger partial charge on any atom is 0.430 e. The van der Waals surface area contributed by atoms with E-state index in [2.05, 4.69) is 15.5 Å². The molecule has 0 spiro atoms. The number of hydrogen-bond donors (Lipinski definition) is 1. The molecule has 4 heterocycles. The van der Waals surface area contributed by atoms with Crippen LogP contribution < -0.4 is 4.72 Å². The van der Waals surface area contributed by atoms with Gasteiger partial charge in [-0.15, -0.1) is 0 Å². The van der Waals surface area contributed by atoms with Crippen molar-refractivity contribution < 1.29 is 30.8 Å². The molecule has 3 aromatic carbocycles. The smallest absolute Gasteiger partial charge is 0.325 e. The summed E-state index contributed by atoms with van der Waals surface area (Å²) in [5.41, 5.74) is 0.659. The molecule has 0 saturated carbocycles. The SMILES string of the molecule is Cc1nc2ccccc2n1C1C[C@H]2CC[C@@H](C1)N2CCC1(c2cccc(F)c2)CCN(C(=O)C(Cl)(NS(=O)(=O)c2ccccc2)C(F)(F)F)C(Cl)C1. The normalized spacial score (nSPS) is 26.8. The quantitative estimate of drug-likeness (QED) is 0.107. The standard InChI is InChI=1S/C37H39Cl2F4N5O3S/c1-24-44-31-12-5-6-13-32(31)48(24)29-21-27-14-15-28(22-29)46(27)18-16-35(25-8-7-9-26(40)20-25)17-19-47(33(38)23-35)34(49)36(39,37(41,42)43)45-52(50,51)30-10-3-2-4-11-30/h2-13,20,27-29,33,45H,14-19,21-23H2,1H3/t27-,28+,29?,33?,35?,36?. The Morgan fingerprint density at radius 2 is 1.65 bits per heavy atom. The van der Waals surface area contributed by atoms with Gasteiger partial charge in [-0.25, -0.2) is 17.8 Å². The van der Waals surface area contributed by atoms with Gasteiger partial charge in [-0.3, -0.25) is 9.69 Å². The third kappa shape index (κ3) is 6.72. The first-order chi connectivity index (χ1) is 24.6. The Morgan fingerprint density at radius 3 is 2.31 bits per heavy atom. The summed E-state index contributed by atoms with van der Waals surface area (Å²) >= 11 is 12.8. The van der Waals surface area contributed by atoms with Gasteiger partial charge < -0.3 is 9.47 Å². The first kappa shape index (κ1) is 37.1. The number of hydrogen-bond acceptors (Lipinski definition) is 5. The van der Waals surface area contributed by atoms with Crippen molar-refractivity contribution in [3.05, 3.63) is 96.1 Å². The van der Waals surface area contributed by atoms with Gasteiger partial charge in [0.2, 0.25) is 10.0 Å². The summed E-state index contributed by atoms with van der Waals surface area (Å²) in [7, 11) is -4.88. The van der Waals surface area contributed by atoms with E-state index in [4.69, 9.17) is 28.2 Å². The summed E-state index contributed by atoms with van der Waals surface area (Å²) in [5, 5.41) is 0. The van der Waals surface area contributed by atoms with Gasteiger partial charge in [-0.05, 0) is 100 Å². The molecule has 4 aromatic rings. The molecule has 0 aliphatic carbocycles. The van der Waals surface area contributed by atoms with E-state index in [1.807, 2.05) is 25.1 Å². The van der Waals surface area contributed by atoms with Gasteiger partial charge in [0.15, 0.2) is 0 Å². The number of carbonyl (C=O) groups is 1. The lowest BCUT2D eigenvalue weighted by molar-refractivity contribution is -0.184. The number of carbonyl (C=O) groups excluding carboxylic acids is 1. The first-order valence-electron chi connectivity index (χ1n) is 17.4. The van der Waals surface area contributed by atoms with E-state index < -0.39 is 48.7 Å². The van der Waals surface area contributed by atoms with E-state index in [9.17, 15) is 30.8 Å². The van der Waals surface area contributed by atoms with E-state index in [0.717, 1.165) is 59.6 Å². The fourth-order valence-electron chi connectivity index (χ4n) is 8.74. The molecule has 3 fully saturated rings. The van der Waals surface area contributed by atoms with Crippen LogP contribution in [0.1, 0.15) is 62.4 Å². The molecular formula is C37H39Cl2F4N5O3S. The molecule has 4 unspecified atom stereocenters. The summed E-state index contributed by atoms with van der Waals surface area (Å²) in [5.74, 6) is -1.20. The van der Waals surface area contributed by atoms with E-state index in [0.29, 0.717) is 36.7 Å². The largest absolute Gasteiger partial charge is 0.430 e. The van der Waals surface area contributed by atoms with E-state index in [1.54, 1.807) is 12.1 Å². The lowest BCUT2D eigenvalue weighted by Gasteiger charge is -2.48. The number of sulfonamides is 1. The Labute approximate surface area is 310 Å². The lowest BCUT2D eigenvalue weighted by atomic mass is 9.70. The van der Waals surface area contributed by atoms with Crippen LogP contribution in [0.2, 0.25) is 0 Å². The second-order valence-corrected chi connectivity index (χ2v) is 17.0. The minimum atomic E-state index is -5.52. The van der Waals surface area contributed by atoms with Crippen molar-refractivity contribution in [2.75, 3.05) is 13.1 Å². The zero-order chi connectivity index (χ0) is 37.1. The van der Waals surface area contributed by atoms with Crippen LogP contribution in [-0.2, 0) is 20.2 Å². The second kappa shape index (κ2) is 13.9. The molecule has 0 radical (unpaired) electrons. The first-order valence-corrected chi connectivity index (χ1v) is 19.7. The van der Waals surface area contributed by atoms with Crippen LogP contribution in [0.5, 0.6) is 0 Å². The van der Waals surface area contributed by atoms with Gasteiger partial charge in [0.1, 0.15) is 17.1 Å². The van der Waals surface area contributed by atoms with Crippen molar-refractivity contribution in [2.45, 2.75) is 97.0 Å². The molecule has 6 atom stereocenters. The van der Waals surface area contributed by atoms with Gasteiger partial charge in [-0.1, -0.05) is 65.7 Å². The Morgan fingerprint density at radius 1 is 0.981 bits per heavy atom. The highest BCUT2D eigenvalue weighted by molar-refractivity contribution is 7.89. The number of amides is 1. The Hall–Kier alpha value is -3.23. The molecule has 1 amide bonds. The number of nitrogens with zero attached hydrogens (tertiary/aromatic N) is 4. The van der Waals surface area contributed by atoms with E-state index >= 15 is 0 Å². The third-order valence-corrected chi connectivity index (χ3v) is 13.7. The van der Waals surface area contributed by atoms with Crippen LogP contribution in [0, 0.1) is 12.7 Å². The molecule has 278 valence electrons. The van der Waals surface area contributed by atoms with Crippen LogP contribution >= 0.6 is 23.2 Å². The topological polar surface area (TPSA) is 87.5 Å². The molecule has 15 heteroatoms. The summed E-state index contributed by atoms with van der Waals surface area (Å²) in [6.07, 6.45) is -0.868. The molecule has 3 aliphatic rings. The van der Waals surface area contributed by atoms with Gasteiger partial charge in [-0.2, -0.15) is 17.9 Å². The molecule has 3 aliphatic heterocycles. The number of fused-ring (bicyclic) bond motifs is 3. The van der Waals surface area contributed by atoms with Gasteiger partial charge in [0.05, 0.1) is 15.9 Å². The van der Waals surface area contributed by atoms with Crippen LogP contribution in [0.4, 0.5) is 17.6 Å². The fraction of sp³-hybridized carbons (Fsp3) is 0.459. The van der Waals surface area contributed by atoms with Crippen LogP contribution in [0.3, 0.4) is 0 Å². The molecule has 2 bridgehead atoms. The van der Waals surface area contributed by atoms with Gasteiger partial charge in [0, 0.05) is 30.1 Å². The van der Waals surface area contributed by atoms with Gasteiger partial charge in [0.25, 0.3) is 10.9 Å². The molecule has 7 rings (SSSR count). The summed E-state index contributed by atoms with van der Waals surface area (Å²) < 4.78 is 88.2. The highest BCUT2D eigenvalue weighted by atomic mass is 35.5. The number of rotatable bonds is 9. The number of nitrogens with one attached hydrogen (secondary N) is 1. The molecule has 52 heavy (non-hydrogen) atoms. The number of halogens is 6. The number of alkyl halides is 5. The summed E-state index contributed by atoms with van der Waals surface area (Å²) in [6, 6.07) is 21.5. The molecular weight excluding hydrogens is 741 g/mol. The fourth-order valence-corrected chi connectivity index (χ4v) is 10.8. The highest BCUT2D eigenvalue weighted by Crippen LogP contribution is 2.48. The summed E-state index contributed by atoms with van der Waals surface area (Å²) in [4.78, 5) is 17.3. The monoisotopic (exact) mass is 779 g/mol. The minimum absolute atomic E-state index is 0.00598. The van der Waals surface area contributed by atoms with Crippen molar-refractivity contribution in [3.8, 4) is 0 Å². The van der Waals surface area contributed by atoms with Gasteiger partial charge >= 0.3 is 6.18 Å². The van der Waals surface area contributed by atoms with Crippen LogP contribution in [0.15, 0.2) is 83.8 Å². The molecule has 8 nitrogen and oxygen atoms in total.